The quantitative estimate of drug-likeness (QED) is 0.900. The van der Waals surface area contributed by atoms with Crippen molar-refractivity contribution in [2.24, 2.45) is 0 Å². The van der Waals surface area contributed by atoms with E-state index in [1.54, 1.807) is 6.07 Å². The predicted molar refractivity (Wildman–Crippen MR) is 80.9 cm³/mol. The van der Waals surface area contributed by atoms with Gasteiger partial charge in [-0.2, -0.15) is 0 Å². The summed E-state index contributed by atoms with van der Waals surface area (Å²) in [6.45, 7) is 3.76. The topological polar surface area (TPSA) is 49.3 Å². The minimum atomic E-state index is -0.665. The van der Waals surface area contributed by atoms with Crippen LogP contribution in [0.3, 0.4) is 0 Å². The van der Waals surface area contributed by atoms with Gasteiger partial charge in [0, 0.05) is 5.02 Å². The summed E-state index contributed by atoms with van der Waals surface area (Å²) < 4.78 is 0. The molecule has 0 bridgehead atoms. The van der Waals surface area contributed by atoms with Gasteiger partial charge in [-0.05, 0) is 44.4 Å². The molecule has 1 fully saturated rings. The molecule has 2 N–H and O–H groups in total. The number of carbonyl (C=O) groups excluding carboxylic acids is 1. The number of rotatable bonds is 3. The average Bonchev–Trinajstić information content (AvgIpc) is 2.41. The van der Waals surface area contributed by atoms with E-state index in [4.69, 9.17) is 11.6 Å². The molecule has 0 radical (unpaired) electrons. The molecule has 3 nitrogen and oxygen atoms in total. The lowest BCUT2D eigenvalue weighted by molar-refractivity contribution is -0.127. The first-order valence-corrected chi connectivity index (χ1v) is 7.54. The van der Waals surface area contributed by atoms with Crippen LogP contribution >= 0.6 is 11.6 Å². The van der Waals surface area contributed by atoms with E-state index < -0.39 is 11.5 Å². The Balaban J connectivity index is 2.10. The Kier molecular flexibility index (Phi) is 4.71. The number of carbonyl (C=O) groups is 1. The Labute approximate surface area is 125 Å². The maximum absolute atomic E-state index is 12.5. The molecule has 2 unspecified atom stereocenters. The minimum absolute atomic E-state index is 0.0642. The lowest BCUT2D eigenvalue weighted by atomic mass is 9.82. The van der Waals surface area contributed by atoms with Crippen molar-refractivity contribution in [3.8, 4) is 0 Å². The highest BCUT2D eigenvalue weighted by molar-refractivity contribution is 6.30. The molecule has 20 heavy (non-hydrogen) atoms. The summed E-state index contributed by atoms with van der Waals surface area (Å²) in [6.07, 6.45) is 3.27. The molecule has 2 atom stereocenters. The molecule has 0 saturated heterocycles. The first kappa shape index (κ1) is 15.3. The molecular weight excluding hydrogens is 274 g/mol. The van der Waals surface area contributed by atoms with Crippen LogP contribution in [0, 0.1) is 0 Å². The molecular formula is C16H22ClNO2. The molecule has 0 aliphatic heterocycles. The highest BCUT2D eigenvalue weighted by Crippen LogP contribution is 2.27. The molecule has 1 aliphatic rings. The minimum Gasteiger partial charge on any atom is -0.391 e. The summed E-state index contributed by atoms with van der Waals surface area (Å²) in [5.74, 6) is -0.0642. The normalized spacial score (nSPS) is 23.4. The summed E-state index contributed by atoms with van der Waals surface area (Å²) in [5, 5.41) is 13.6. The van der Waals surface area contributed by atoms with E-state index in [1.165, 1.54) is 0 Å². The third kappa shape index (κ3) is 3.33. The predicted octanol–water partition coefficient (Wildman–Crippen LogP) is 3.04. The molecule has 0 spiro atoms. The number of amides is 1. The molecule has 4 heteroatoms. The lowest BCUT2D eigenvalue weighted by Gasteiger charge is -2.32. The Hall–Kier alpha value is -1.06. The van der Waals surface area contributed by atoms with Gasteiger partial charge in [-0.15, -0.1) is 0 Å². The van der Waals surface area contributed by atoms with E-state index in [0.29, 0.717) is 5.02 Å². The molecule has 0 heterocycles. The van der Waals surface area contributed by atoms with Crippen LogP contribution in [0.15, 0.2) is 24.3 Å². The van der Waals surface area contributed by atoms with Crippen molar-refractivity contribution in [2.45, 2.75) is 57.1 Å². The fourth-order valence-corrected chi connectivity index (χ4v) is 2.83. The lowest BCUT2D eigenvalue weighted by Crippen LogP contribution is -2.50. The van der Waals surface area contributed by atoms with Gasteiger partial charge < -0.3 is 10.4 Å². The third-order valence-corrected chi connectivity index (χ3v) is 4.40. The smallest absolute Gasteiger partial charge is 0.230 e. The van der Waals surface area contributed by atoms with Gasteiger partial charge in [0.25, 0.3) is 0 Å². The zero-order valence-corrected chi connectivity index (χ0v) is 12.8. The number of halogens is 1. The van der Waals surface area contributed by atoms with Crippen LogP contribution in [0.25, 0.3) is 0 Å². The first-order valence-electron chi connectivity index (χ1n) is 7.16. The van der Waals surface area contributed by atoms with Crippen molar-refractivity contribution >= 4 is 17.5 Å². The second-order valence-electron chi connectivity index (χ2n) is 6.07. The van der Waals surface area contributed by atoms with Crippen molar-refractivity contribution in [1.29, 1.82) is 0 Å². The fourth-order valence-electron chi connectivity index (χ4n) is 2.64. The zero-order chi connectivity index (χ0) is 14.8. The fraction of sp³-hybridized carbons (Fsp3) is 0.562. The molecule has 0 aromatic heterocycles. The SMILES string of the molecule is CC(C)(C(=O)NC1CCCCC1O)c1cccc(Cl)c1. The van der Waals surface area contributed by atoms with Crippen LogP contribution in [0.5, 0.6) is 0 Å². The van der Waals surface area contributed by atoms with E-state index in [1.807, 2.05) is 32.0 Å². The third-order valence-electron chi connectivity index (χ3n) is 4.16. The van der Waals surface area contributed by atoms with Gasteiger partial charge in [-0.3, -0.25) is 4.79 Å². The molecule has 1 aromatic rings. The largest absolute Gasteiger partial charge is 0.391 e. The van der Waals surface area contributed by atoms with Gasteiger partial charge in [-0.25, -0.2) is 0 Å². The van der Waals surface area contributed by atoms with Crippen LogP contribution in [-0.4, -0.2) is 23.2 Å². The Morgan fingerprint density at radius 1 is 1.35 bits per heavy atom. The molecule has 1 aliphatic carbocycles. The summed E-state index contributed by atoms with van der Waals surface area (Å²) in [4.78, 5) is 12.5. The molecule has 1 aromatic carbocycles. The number of nitrogens with one attached hydrogen (secondary N) is 1. The van der Waals surface area contributed by atoms with Gasteiger partial charge in [0.05, 0.1) is 17.6 Å². The molecule has 1 saturated carbocycles. The van der Waals surface area contributed by atoms with E-state index in [-0.39, 0.29) is 11.9 Å². The van der Waals surface area contributed by atoms with Crippen LogP contribution < -0.4 is 5.32 Å². The monoisotopic (exact) mass is 295 g/mol. The molecule has 1 amide bonds. The number of hydrogen-bond acceptors (Lipinski definition) is 2. The summed E-state index contributed by atoms with van der Waals surface area (Å²) in [7, 11) is 0. The van der Waals surface area contributed by atoms with E-state index >= 15 is 0 Å². The van der Waals surface area contributed by atoms with Crippen molar-refractivity contribution in [2.75, 3.05) is 0 Å². The van der Waals surface area contributed by atoms with Crippen molar-refractivity contribution in [1.82, 2.24) is 5.32 Å². The second-order valence-corrected chi connectivity index (χ2v) is 6.50. The van der Waals surface area contributed by atoms with Crippen molar-refractivity contribution < 1.29 is 9.90 Å². The number of hydrogen-bond donors (Lipinski definition) is 2. The zero-order valence-electron chi connectivity index (χ0n) is 12.0. The maximum atomic E-state index is 12.5. The van der Waals surface area contributed by atoms with Crippen LogP contribution in [0.1, 0.15) is 45.1 Å². The Bertz CT molecular complexity index is 487. The van der Waals surface area contributed by atoms with Gasteiger partial charge in [0.1, 0.15) is 0 Å². The molecule has 110 valence electrons. The highest BCUT2D eigenvalue weighted by atomic mass is 35.5. The van der Waals surface area contributed by atoms with Crippen LogP contribution in [0.2, 0.25) is 5.02 Å². The summed E-state index contributed by atoms with van der Waals surface area (Å²) in [5.41, 5.74) is 0.218. The highest BCUT2D eigenvalue weighted by Gasteiger charge is 2.33. The van der Waals surface area contributed by atoms with Gasteiger partial charge >= 0.3 is 0 Å². The molecule has 2 rings (SSSR count). The Morgan fingerprint density at radius 3 is 2.70 bits per heavy atom. The van der Waals surface area contributed by atoms with Crippen LogP contribution in [0.4, 0.5) is 0 Å². The standard InChI is InChI=1S/C16H22ClNO2/c1-16(2,11-6-5-7-12(17)10-11)15(20)18-13-8-3-4-9-14(13)19/h5-7,10,13-14,19H,3-4,8-9H2,1-2H3,(H,18,20). The van der Waals surface area contributed by atoms with E-state index in [2.05, 4.69) is 5.32 Å². The Morgan fingerprint density at radius 2 is 2.05 bits per heavy atom. The van der Waals surface area contributed by atoms with Gasteiger partial charge in [-0.1, -0.05) is 36.6 Å². The number of aliphatic hydroxyl groups is 1. The maximum Gasteiger partial charge on any atom is 0.230 e. The second kappa shape index (κ2) is 6.15. The van der Waals surface area contributed by atoms with E-state index in [0.717, 1.165) is 31.2 Å². The first-order chi connectivity index (χ1) is 9.41. The summed E-state index contributed by atoms with van der Waals surface area (Å²) >= 11 is 6.00. The average molecular weight is 296 g/mol. The number of aliphatic hydroxyl groups excluding tert-OH is 1. The summed E-state index contributed by atoms with van der Waals surface area (Å²) in [6, 6.07) is 7.24. The van der Waals surface area contributed by atoms with Gasteiger partial charge in [0.15, 0.2) is 0 Å². The van der Waals surface area contributed by atoms with E-state index in [9.17, 15) is 9.90 Å². The van der Waals surface area contributed by atoms with Gasteiger partial charge in [0.2, 0.25) is 5.91 Å². The van der Waals surface area contributed by atoms with Crippen molar-refractivity contribution in [3.63, 3.8) is 0 Å². The van der Waals surface area contributed by atoms with Crippen LogP contribution in [-0.2, 0) is 10.2 Å². The number of benzene rings is 1. The van der Waals surface area contributed by atoms with Crippen molar-refractivity contribution in [3.05, 3.63) is 34.9 Å².